The maximum Gasteiger partial charge on any atom is 0.263 e. The van der Waals surface area contributed by atoms with Gasteiger partial charge >= 0.3 is 0 Å². The van der Waals surface area contributed by atoms with E-state index in [0.717, 1.165) is 37.7 Å². The van der Waals surface area contributed by atoms with Gasteiger partial charge in [-0.15, -0.1) is 0 Å². The van der Waals surface area contributed by atoms with Gasteiger partial charge < -0.3 is 24.4 Å². The van der Waals surface area contributed by atoms with Crippen molar-refractivity contribution in [3.8, 4) is 23.1 Å². The fraction of sp³-hybridized carbons (Fsp3) is 0.320. The number of rotatable bonds is 7. The zero-order valence-corrected chi connectivity index (χ0v) is 19.1. The van der Waals surface area contributed by atoms with E-state index in [-0.39, 0.29) is 5.91 Å². The number of hydrogen-bond donors (Lipinski definition) is 1. The molecular formula is C25H28N4O4. The molecule has 1 N–H and O–H groups in total. The van der Waals surface area contributed by atoms with Crippen molar-refractivity contribution in [2.24, 2.45) is 5.92 Å². The third-order valence-corrected chi connectivity index (χ3v) is 5.67. The molecule has 0 saturated carbocycles. The average molecular weight is 449 g/mol. The predicted octanol–water partition coefficient (Wildman–Crippen LogP) is 4.77. The highest BCUT2D eigenvalue weighted by atomic mass is 16.5. The molecule has 1 aliphatic rings. The fourth-order valence-electron chi connectivity index (χ4n) is 3.70. The maximum absolute atomic E-state index is 12.7. The van der Waals surface area contributed by atoms with Crippen molar-refractivity contribution in [2.45, 2.75) is 19.8 Å². The van der Waals surface area contributed by atoms with Gasteiger partial charge in [-0.25, -0.2) is 9.97 Å². The van der Waals surface area contributed by atoms with Crippen molar-refractivity contribution in [1.82, 2.24) is 9.97 Å². The number of hydrogen-bond acceptors (Lipinski definition) is 7. The van der Waals surface area contributed by atoms with Crippen LogP contribution in [0.2, 0.25) is 0 Å². The first-order chi connectivity index (χ1) is 16.1. The van der Waals surface area contributed by atoms with E-state index in [4.69, 9.17) is 14.2 Å². The summed E-state index contributed by atoms with van der Waals surface area (Å²) in [6, 6.07) is 12.1. The first-order valence-corrected chi connectivity index (χ1v) is 10.9. The molecule has 0 bridgehead atoms. The minimum atomic E-state index is -0.250. The number of aromatic nitrogens is 2. The Morgan fingerprint density at radius 2 is 1.58 bits per heavy atom. The van der Waals surface area contributed by atoms with Crippen LogP contribution in [0.4, 0.5) is 11.5 Å². The molecule has 1 saturated heterocycles. The number of benzene rings is 2. The van der Waals surface area contributed by atoms with Gasteiger partial charge in [-0.05, 0) is 43.0 Å². The van der Waals surface area contributed by atoms with Crippen LogP contribution in [0.25, 0.3) is 0 Å². The van der Waals surface area contributed by atoms with Gasteiger partial charge in [0.05, 0.1) is 14.2 Å². The molecule has 1 fully saturated rings. The highest BCUT2D eigenvalue weighted by Gasteiger charge is 2.21. The number of piperidine rings is 1. The molecule has 0 aliphatic carbocycles. The van der Waals surface area contributed by atoms with Crippen molar-refractivity contribution in [2.75, 3.05) is 37.5 Å². The van der Waals surface area contributed by atoms with E-state index in [2.05, 4.69) is 27.1 Å². The lowest BCUT2D eigenvalue weighted by molar-refractivity contribution is 0.102. The van der Waals surface area contributed by atoms with Crippen molar-refractivity contribution in [3.63, 3.8) is 0 Å². The molecule has 0 atom stereocenters. The Labute approximate surface area is 193 Å². The van der Waals surface area contributed by atoms with Gasteiger partial charge in [0.2, 0.25) is 0 Å². The third kappa shape index (κ3) is 5.52. The minimum absolute atomic E-state index is 0.250. The Kier molecular flexibility index (Phi) is 6.92. The van der Waals surface area contributed by atoms with Gasteiger partial charge in [-0.2, -0.15) is 0 Å². The monoisotopic (exact) mass is 448 g/mol. The van der Waals surface area contributed by atoms with Gasteiger partial charge in [0.25, 0.3) is 11.8 Å². The standard InChI is InChI=1S/C25H28N4O4/c1-17-8-12-29(13-9-17)23-25(27-11-10-26-23)33-20-6-4-18(5-7-20)24(30)28-19-14-21(31-2)16-22(15-19)32-3/h4-7,10-11,14-17H,8-9,12-13H2,1-3H3,(H,28,30). The first-order valence-electron chi connectivity index (χ1n) is 10.9. The van der Waals surface area contributed by atoms with Crippen LogP contribution in [-0.4, -0.2) is 43.2 Å². The summed E-state index contributed by atoms with van der Waals surface area (Å²) in [5.41, 5.74) is 1.07. The highest BCUT2D eigenvalue weighted by molar-refractivity contribution is 6.04. The number of carbonyl (C=O) groups is 1. The SMILES string of the molecule is COc1cc(NC(=O)c2ccc(Oc3nccnc3N3CCC(C)CC3)cc2)cc(OC)c1. The van der Waals surface area contributed by atoms with Gasteiger partial charge in [0.15, 0.2) is 5.82 Å². The van der Waals surface area contributed by atoms with Crippen LogP contribution in [0.3, 0.4) is 0 Å². The molecular weight excluding hydrogens is 420 g/mol. The Bertz CT molecular complexity index is 1070. The summed E-state index contributed by atoms with van der Waals surface area (Å²) >= 11 is 0. The van der Waals surface area contributed by atoms with E-state index in [1.165, 1.54) is 0 Å². The van der Waals surface area contributed by atoms with E-state index >= 15 is 0 Å². The van der Waals surface area contributed by atoms with Gasteiger partial charge in [-0.1, -0.05) is 6.92 Å². The minimum Gasteiger partial charge on any atom is -0.497 e. The topological polar surface area (TPSA) is 85.8 Å². The molecule has 1 aromatic heterocycles. The summed E-state index contributed by atoms with van der Waals surface area (Å²) in [6.07, 6.45) is 5.55. The number of anilines is 2. The zero-order valence-electron chi connectivity index (χ0n) is 19.1. The number of nitrogens with one attached hydrogen (secondary N) is 1. The summed E-state index contributed by atoms with van der Waals surface area (Å²) in [5, 5.41) is 2.86. The summed E-state index contributed by atoms with van der Waals surface area (Å²) in [5.74, 6) is 3.46. The lowest BCUT2D eigenvalue weighted by atomic mass is 9.99. The fourth-order valence-corrected chi connectivity index (χ4v) is 3.70. The summed E-state index contributed by atoms with van der Waals surface area (Å²) < 4.78 is 16.5. The Hall–Kier alpha value is -3.81. The molecule has 2 aromatic carbocycles. The lowest BCUT2D eigenvalue weighted by Crippen LogP contribution is -2.33. The Morgan fingerprint density at radius 3 is 2.21 bits per heavy atom. The summed E-state index contributed by atoms with van der Waals surface area (Å²) in [6.45, 7) is 4.14. The molecule has 172 valence electrons. The van der Waals surface area contributed by atoms with Crippen molar-refractivity contribution < 1.29 is 19.0 Å². The van der Waals surface area contributed by atoms with Crippen LogP contribution in [0.5, 0.6) is 23.1 Å². The number of carbonyl (C=O) groups excluding carboxylic acids is 1. The molecule has 0 spiro atoms. The highest BCUT2D eigenvalue weighted by Crippen LogP contribution is 2.31. The normalized spacial score (nSPS) is 14.0. The van der Waals surface area contributed by atoms with Crippen LogP contribution in [0, 0.1) is 5.92 Å². The molecule has 8 nitrogen and oxygen atoms in total. The average Bonchev–Trinajstić information content (AvgIpc) is 2.85. The second kappa shape index (κ2) is 10.2. The zero-order chi connectivity index (χ0) is 23.2. The molecule has 3 aromatic rings. The number of nitrogens with zero attached hydrogens (tertiary/aromatic N) is 3. The van der Waals surface area contributed by atoms with E-state index < -0.39 is 0 Å². The molecule has 2 heterocycles. The van der Waals surface area contributed by atoms with Gasteiger partial charge in [0, 0.05) is 54.9 Å². The maximum atomic E-state index is 12.7. The van der Waals surface area contributed by atoms with Crippen molar-refractivity contribution in [1.29, 1.82) is 0 Å². The molecule has 8 heteroatoms. The van der Waals surface area contributed by atoms with E-state index in [1.807, 2.05) is 0 Å². The second-order valence-electron chi connectivity index (χ2n) is 8.04. The summed E-state index contributed by atoms with van der Waals surface area (Å²) in [4.78, 5) is 23.8. The van der Waals surface area contributed by atoms with Crippen LogP contribution < -0.4 is 24.4 Å². The summed E-state index contributed by atoms with van der Waals surface area (Å²) in [7, 11) is 3.13. The molecule has 33 heavy (non-hydrogen) atoms. The van der Waals surface area contributed by atoms with Crippen LogP contribution >= 0.6 is 0 Å². The van der Waals surface area contributed by atoms with E-state index in [9.17, 15) is 4.79 Å². The molecule has 4 rings (SSSR count). The van der Waals surface area contributed by atoms with Crippen molar-refractivity contribution in [3.05, 3.63) is 60.4 Å². The number of amides is 1. The van der Waals surface area contributed by atoms with Crippen LogP contribution in [0.1, 0.15) is 30.1 Å². The third-order valence-electron chi connectivity index (χ3n) is 5.67. The van der Waals surface area contributed by atoms with Gasteiger partial charge in [-0.3, -0.25) is 4.79 Å². The van der Waals surface area contributed by atoms with Crippen LogP contribution in [0.15, 0.2) is 54.9 Å². The van der Waals surface area contributed by atoms with E-state index in [1.54, 1.807) is 69.1 Å². The van der Waals surface area contributed by atoms with E-state index in [0.29, 0.717) is 34.4 Å². The smallest absolute Gasteiger partial charge is 0.263 e. The Balaban J connectivity index is 1.45. The molecule has 0 radical (unpaired) electrons. The van der Waals surface area contributed by atoms with Crippen LogP contribution in [-0.2, 0) is 0 Å². The number of methoxy groups -OCH3 is 2. The Morgan fingerprint density at radius 1 is 0.939 bits per heavy atom. The van der Waals surface area contributed by atoms with Gasteiger partial charge in [0.1, 0.15) is 17.2 Å². The first kappa shape index (κ1) is 22.4. The second-order valence-corrected chi connectivity index (χ2v) is 8.04. The quantitative estimate of drug-likeness (QED) is 0.557. The largest absolute Gasteiger partial charge is 0.497 e. The lowest BCUT2D eigenvalue weighted by Gasteiger charge is -2.31. The van der Waals surface area contributed by atoms with Crippen molar-refractivity contribution >= 4 is 17.4 Å². The molecule has 1 aliphatic heterocycles. The molecule has 0 unspecified atom stereocenters. The molecule has 1 amide bonds. The predicted molar refractivity (Wildman–Crippen MR) is 127 cm³/mol. The number of ether oxygens (including phenoxy) is 3.